The lowest BCUT2D eigenvalue weighted by Gasteiger charge is -2.15. The molecule has 146 valence electrons. The summed E-state index contributed by atoms with van der Waals surface area (Å²) < 4.78 is 13.3. The number of aromatic nitrogens is 3. The van der Waals surface area contributed by atoms with Crippen LogP contribution in [0.5, 0.6) is 5.75 Å². The fourth-order valence-electron chi connectivity index (χ4n) is 3.23. The molecule has 3 aromatic rings. The molecule has 2 heterocycles. The molecule has 2 aromatic carbocycles. The molecular weight excluding hydrogens is 394 g/mol. The lowest BCUT2D eigenvalue weighted by molar-refractivity contribution is 0.0953. The van der Waals surface area contributed by atoms with Crippen LogP contribution in [0.4, 0.5) is 0 Å². The first-order valence-electron chi connectivity index (χ1n) is 9.29. The van der Waals surface area contributed by atoms with Gasteiger partial charge in [0.05, 0.1) is 19.8 Å². The van der Waals surface area contributed by atoms with Crippen molar-refractivity contribution in [2.45, 2.75) is 36.4 Å². The minimum absolute atomic E-state index is 0.211. The SMILES string of the molecule is COc1ccc(-c2nnc(SCc3ccc(Cl)cc3)n2C[C@@H]2CCCO2)cc1. The zero-order valence-corrected chi connectivity index (χ0v) is 17.2. The Kier molecular flexibility index (Phi) is 6.20. The summed E-state index contributed by atoms with van der Waals surface area (Å²) in [7, 11) is 1.67. The van der Waals surface area contributed by atoms with Crippen molar-refractivity contribution < 1.29 is 9.47 Å². The standard InChI is InChI=1S/C21H22ClN3O2S/c1-26-18-10-6-16(7-11-18)20-23-24-21(25(20)13-19-3-2-12-27-19)28-14-15-4-8-17(22)9-5-15/h4-11,19H,2-3,12-14H2,1H3/t19-/m0/s1. The van der Waals surface area contributed by atoms with Crippen molar-refractivity contribution in [1.82, 2.24) is 14.8 Å². The van der Waals surface area contributed by atoms with E-state index >= 15 is 0 Å². The molecule has 0 bridgehead atoms. The number of hydrogen-bond acceptors (Lipinski definition) is 5. The van der Waals surface area contributed by atoms with Crippen molar-refractivity contribution in [3.05, 3.63) is 59.1 Å². The van der Waals surface area contributed by atoms with Crippen LogP contribution in [0.25, 0.3) is 11.4 Å². The van der Waals surface area contributed by atoms with E-state index in [1.165, 1.54) is 5.56 Å². The van der Waals surface area contributed by atoms with Gasteiger partial charge in [-0.15, -0.1) is 10.2 Å². The molecule has 0 saturated carbocycles. The van der Waals surface area contributed by atoms with Gasteiger partial charge in [-0.05, 0) is 54.8 Å². The summed E-state index contributed by atoms with van der Waals surface area (Å²) in [4.78, 5) is 0. The summed E-state index contributed by atoms with van der Waals surface area (Å²) in [5.74, 6) is 2.49. The molecule has 5 nitrogen and oxygen atoms in total. The molecule has 1 fully saturated rings. The van der Waals surface area contributed by atoms with Gasteiger partial charge in [-0.2, -0.15) is 0 Å². The largest absolute Gasteiger partial charge is 0.497 e. The van der Waals surface area contributed by atoms with Gasteiger partial charge in [-0.25, -0.2) is 0 Å². The summed E-state index contributed by atoms with van der Waals surface area (Å²) in [6.07, 6.45) is 2.39. The highest BCUT2D eigenvalue weighted by atomic mass is 35.5. The number of methoxy groups -OCH3 is 1. The van der Waals surface area contributed by atoms with Crippen LogP contribution < -0.4 is 4.74 Å². The highest BCUT2D eigenvalue weighted by Gasteiger charge is 2.21. The second-order valence-corrected chi connectivity index (χ2v) is 8.07. The highest BCUT2D eigenvalue weighted by molar-refractivity contribution is 7.98. The minimum atomic E-state index is 0.211. The van der Waals surface area contributed by atoms with Crippen LogP contribution in [-0.4, -0.2) is 34.6 Å². The maximum absolute atomic E-state index is 5.99. The molecule has 0 radical (unpaired) electrons. The molecular formula is C21H22ClN3O2S. The predicted octanol–water partition coefficient (Wildman–Crippen LogP) is 5.08. The average Bonchev–Trinajstić information content (AvgIpc) is 3.38. The van der Waals surface area contributed by atoms with Crippen molar-refractivity contribution in [2.75, 3.05) is 13.7 Å². The van der Waals surface area contributed by atoms with Crippen LogP contribution in [0.15, 0.2) is 53.7 Å². The van der Waals surface area contributed by atoms with E-state index in [4.69, 9.17) is 21.1 Å². The number of ether oxygens (including phenoxy) is 2. The van der Waals surface area contributed by atoms with Crippen LogP contribution in [0.3, 0.4) is 0 Å². The second-order valence-electron chi connectivity index (χ2n) is 6.70. The predicted molar refractivity (Wildman–Crippen MR) is 112 cm³/mol. The molecule has 7 heteroatoms. The minimum Gasteiger partial charge on any atom is -0.497 e. The lowest BCUT2D eigenvalue weighted by atomic mass is 10.2. The molecule has 0 spiro atoms. The van der Waals surface area contributed by atoms with Crippen LogP contribution >= 0.6 is 23.4 Å². The molecule has 1 aromatic heterocycles. The van der Waals surface area contributed by atoms with E-state index in [1.54, 1.807) is 18.9 Å². The van der Waals surface area contributed by atoms with Gasteiger partial charge in [-0.3, -0.25) is 4.57 Å². The monoisotopic (exact) mass is 415 g/mol. The summed E-state index contributed by atoms with van der Waals surface area (Å²) in [6, 6.07) is 15.8. The first-order chi connectivity index (χ1) is 13.7. The Balaban J connectivity index is 1.59. The van der Waals surface area contributed by atoms with E-state index in [0.29, 0.717) is 0 Å². The van der Waals surface area contributed by atoms with Crippen molar-refractivity contribution >= 4 is 23.4 Å². The molecule has 0 amide bonds. The molecule has 0 aliphatic carbocycles. The molecule has 4 rings (SSSR count). The van der Waals surface area contributed by atoms with Crippen molar-refractivity contribution in [3.8, 4) is 17.1 Å². The fraction of sp³-hybridized carbons (Fsp3) is 0.333. The van der Waals surface area contributed by atoms with Gasteiger partial charge >= 0.3 is 0 Å². The lowest BCUT2D eigenvalue weighted by Crippen LogP contribution is -2.16. The Morgan fingerprint density at radius 1 is 1.14 bits per heavy atom. The Bertz CT molecular complexity index is 906. The Morgan fingerprint density at radius 2 is 1.93 bits per heavy atom. The van der Waals surface area contributed by atoms with E-state index in [2.05, 4.69) is 14.8 Å². The number of thioether (sulfide) groups is 1. The van der Waals surface area contributed by atoms with Gasteiger partial charge in [0.2, 0.25) is 0 Å². The summed E-state index contributed by atoms with van der Waals surface area (Å²) in [5.41, 5.74) is 2.22. The molecule has 0 unspecified atom stereocenters. The first-order valence-corrected chi connectivity index (χ1v) is 10.7. The topological polar surface area (TPSA) is 49.2 Å². The van der Waals surface area contributed by atoms with E-state index in [1.807, 2.05) is 48.5 Å². The quantitative estimate of drug-likeness (QED) is 0.504. The first kappa shape index (κ1) is 19.3. The molecule has 1 aliphatic rings. The zero-order chi connectivity index (χ0) is 19.3. The van der Waals surface area contributed by atoms with Crippen LogP contribution in [0.1, 0.15) is 18.4 Å². The van der Waals surface area contributed by atoms with E-state index < -0.39 is 0 Å². The Morgan fingerprint density at radius 3 is 2.61 bits per heavy atom. The van der Waals surface area contributed by atoms with Crippen molar-refractivity contribution in [3.63, 3.8) is 0 Å². The molecule has 0 N–H and O–H groups in total. The third kappa shape index (κ3) is 4.51. The summed E-state index contributed by atoms with van der Waals surface area (Å²) in [5, 5.41) is 10.6. The fourth-order valence-corrected chi connectivity index (χ4v) is 4.26. The Labute approximate surface area is 174 Å². The van der Waals surface area contributed by atoms with Gasteiger partial charge < -0.3 is 9.47 Å². The third-order valence-electron chi connectivity index (χ3n) is 4.76. The maximum Gasteiger partial charge on any atom is 0.191 e. The third-order valence-corrected chi connectivity index (χ3v) is 6.05. The van der Waals surface area contributed by atoms with Gasteiger partial charge in [0.1, 0.15) is 5.75 Å². The Hall–Kier alpha value is -2.02. The van der Waals surface area contributed by atoms with E-state index in [0.717, 1.165) is 59.1 Å². The van der Waals surface area contributed by atoms with Crippen LogP contribution in [-0.2, 0) is 17.0 Å². The normalized spacial score (nSPS) is 16.4. The van der Waals surface area contributed by atoms with E-state index in [-0.39, 0.29) is 6.10 Å². The van der Waals surface area contributed by atoms with Gasteiger partial charge in [0.15, 0.2) is 11.0 Å². The number of rotatable bonds is 7. The van der Waals surface area contributed by atoms with Crippen LogP contribution in [0, 0.1) is 0 Å². The van der Waals surface area contributed by atoms with Gasteiger partial charge in [0.25, 0.3) is 0 Å². The van der Waals surface area contributed by atoms with Gasteiger partial charge in [0, 0.05) is 22.9 Å². The van der Waals surface area contributed by atoms with Crippen molar-refractivity contribution in [2.24, 2.45) is 0 Å². The smallest absolute Gasteiger partial charge is 0.191 e. The average molecular weight is 416 g/mol. The molecule has 1 saturated heterocycles. The van der Waals surface area contributed by atoms with Crippen LogP contribution in [0.2, 0.25) is 5.02 Å². The summed E-state index contributed by atoms with van der Waals surface area (Å²) in [6.45, 7) is 1.59. The number of nitrogens with zero attached hydrogens (tertiary/aromatic N) is 3. The number of benzene rings is 2. The highest BCUT2D eigenvalue weighted by Crippen LogP contribution is 2.29. The maximum atomic E-state index is 5.99. The molecule has 1 aliphatic heterocycles. The number of halogens is 1. The molecule has 1 atom stereocenters. The zero-order valence-electron chi connectivity index (χ0n) is 15.7. The second kappa shape index (κ2) is 8.99. The summed E-state index contributed by atoms with van der Waals surface area (Å²) >= 11 is 7.66. The molecule has 28 heavy (non-hydrogen) atoms. The van der Waals surface area contributed by atoms with Gasteiger partial charge in [-0.1, -0.05) is 35.5 Å². The number of hydrogen-bond donors (Lipinski definition) is 0. The van der Waals surface area contributed by atoms with E-state index in [9.17, 15) is 0 Å². The van der Waals surface area contributed by atoms with Crippen molar-refractivity contribution in [1.29, 1.82) is 0 Å².